The van der Waals surface area contributed by atoms with Crippen LogP contribution in [0.2, 0.25) is 0 Å². The summed E-state index contributed by atoms with van der Waals surface area (Å²) in [6.07, 6.45) is 1.21. The normalized spacial score (nSPS) is 18.2. The summed E-state index contributed by atoms with van der Waals surface area (Å²) in [6.45, 7) is 6.24. The first-order chi connectivity index (χ1) is 14.1. The lowest BCUT2D eigenvalue weighted by Gasteiger charge is -2.35. The van der Waals surface area contributed by atoms with Crippen LogP contribution in [-0.2, 0) is 9.59 Å². The van der Waals surface area contributed by atoms with Gasteiger partial charge in [-0.3, -0.25) is 9.59 Å². The van der Waals surface area contributed by atoms with Crippen LogP contribution in [0, 0.1) is 5.41 Å². The molecule has 0 bridgehead atoms. The number of amides is 2. The first-order valence-corrected chi connectivity index (χ1v) is 10.3. The van der Waals surface area contributed by atoms with Crippen molar-refractivity contribution in [3.63, 3.8) is 0 Å². The lowest BCUT2D eigenvalue weighted by Crippen LogP contribution is -2.52. The molecule has 0 radical (unpaired) electrons. The van der Waals surface area contributed by atoms with E-state index in [0.717, 1.165) is 19.6 Å². The number of likely N-dealkylation sites (N-methyl/N-ethyl adjacent to an activating group) is 1. The van der Waals surface area contributed by atoms with E-state index in [1.807, 2.05) is 53.4 Å². The number of benzene rings is 2. The van der Waals surface area contributed by atoms with E-state index in [1.54, 1.807) is 6.07 Å². The molecule has 0 spiro atoms. The van der Waals surface area contributed by atoms with Crippen molar-refractivity contribution < 1.29 is 14.3 Å². The summed E-state index contributed by atoms with van der Waals surface area (Å²) in [4.78, 5) is 30.4. The van der Waals surface area contributed by atoms with E-state index in [-0.39, 0.29) is 11.8 Å². The second-order valence-corrected chi connectivity index (χ2v) is 7.67. The lowest BCUT2D eigenvalue weighted by atomic mass is 10.0. The fourth-order valence-electron chi connectivity index (χ4n) is 3.75. The molecule has 2 aliphatic rings. The standard InChI is InChI=1S/C23H27N3O3/c1-2-25-14-16-26(17-15-25)22(28)23(12-13-23)21(27)24-19-10-6-7-11-20(19)29-18-8-4-3-5-9-18/h3-11H,2,12-17H2,1H3,(H,24,27). The molecule has 2 aromatic rings. The molecule has 4 rings (SSSR count). The molecule has 0 atom stereocenters. The maximum absolute atomic E-state index is 13.1. The number of ether oxygens (including phenoxy) is 1. The molecule has 152 valence electrons. The maximum atomic E-state index is 13.1. The van der Waals surface area contributed by atoms with Crippen molar-refractivity contribution in [2.24, 2.45) is 5.41 Å². The van der Waals surface area contributed by atoms with Gasteiger partial charge < -0.3 is 19.9 Å². The molecule has 2 amide bonds. The second-order valence-electron chi connectivity index (χ2n) is 7.67. The minimum Gasteiger partial charge on any atom is -0.455 e. The Morgan fingerprint density at radius 1 is 0.966 bits per heavy atom. The number of nitrogens with zero attached hydrogens (tertiary/aromatic N) is 2. The van der Waals surface area contributed by atoms with Gasteiger partial charge in [0, 0.05) is 26.2 Å². The number of hydrogen-bond donors (Lipinski definition) is 1. The third kappa shape index (κ3) is 4.12. The highest BCUT2D eigenvalue weighted by Crippen LogP contribution is 2.48. The summed E-state index contributed by atoms with van der Waals surface area (Å²) < 4.78 is 5.93. The van der Waals surface area contributed by atoms with Crippen LogP contribution in [-0.4, -0.2) is 54.3 Å². The van der Waals surface area contributed by atoms with Gasteiger partial charge in [0.05, 0.1) is 5.69 Å². The van der Waals surface area contributed by atoms with E-state index in [9.17, 15) is 9.59 Å². The zero-order chi connectivity index (χ0) is 20.3. The number of hydrogen-bond acceptors (Lipinski definition) is 4. The molecule has 6 heteroatoms. The van der Waals surface area contributed by atoms with Gasteiger partial charge >= 0.3 is 0 Å². The van der Waals surface area contributed by atoms with Crippen LogP contribution in [0.5, 0.6) is 11.5 Å². The third-order valence-electron chi connectivity index (χ3n) is 5.81. The van der Waals surface area contributed by atoms with Crippen molar-refractivity contribution in [2.45, 2.75) is 19.8 Å². The quantitative estimate of drug-likeness (QED) is 0.765. The zero-order valence-electron chi connectivity index (χ0n) is 16.8. The van der Waals surface area contributed by atoms with Gasteiger partial charge in [-0.1, -0.05) is 37.3 Å². The zero-order valence-corrected chi connectivity index (χ0v) is 16.8. The average Bonchev–Trinajstić information content (AvgIpc) is 3.58. The van der Waals surface area contributed by atoms with Gasteiger partial charge in [0.15, 0.2) is 5.75 Å². The number of rotatable bonds is 6. The molecule has 0 aromatic heterocycles. The van der Waals surface area contributed by atoms with Gasteiger partial charge in [0.25, 0.3) is 0 Å². The molecular formula is C23H27N3O3. The molecule has 6 nitrogen and oxygen atoms in total. The van der Waals surface area contributed by atoms with Crippen molar-refractivity contribution in [1.29, 1.82) is 0 Å². The van der Waals surface area contributed by atoms with Crippen LogP contribution in [0.15, 0.2) is 54.6 Å². The smallest absolute Gasteiger partial charge is 0.240 e. The highest BCUT2D eigenvalue weighted by Gasteiger charge is 2.58. The SMILES string of the molecule is CCN1CCN(C(=O)C2(C(=O)Nc3ccccc3Oc3ccccc3)CC2)CC1. The molecule has 2 aromatic carbocycles. The van der Waals surface area contributed by atoms with E-state index in [4.69, 9.17) is 4.74 Å². The molecule has 0 unspecified atom stereocenters. The van der Waals surface area contributed by atoms with Crippen molar-refractivity contribution in [1.82, 2.24) is 9.80 Å². The van der Waals surface area contributed by atoms with Crippen LogP contribution in [0.4, 0.5) is 5.69 Å². The van der Waals surface area contributed by atoms with E-state index in [2.05, 4.69) is 17.1 Å². The Labute approximate surface area is 171 Å². The van der Waals surface area contributed by atoms with Gasteiger partial charge in [-0.15, -0.1) is 0 Å². The van der Waals surface area contributed by atoms with Gasteiger partial charge in [-0.25, -0.2) is 0 Å². The molecule has 2 fully saturated rings. The van der Waals surface area contributed by atoms with Crippen LogP contribution >= 0.6 is 0 Å². The van der Waals surface area contributed by atoms with E-state index in [1.165, 1.54) is 0 Å². The van der Waals surface area contributed by atoms with Crippen LogP contribution in [0.25, 0.3) is 0 Å². The number of nitrogens with one attached hydrogen (secondary N) is 1. The molecule has 29 heavy (non-hydrogen) atoms. The summed E-state index contributed by atoms with van der Waals surface area (Å²) >= 11 is 0. The summed E-state index contributed by atoms with van der Waals surface area (Å²) in [5.74, 6) is 0.990. The van der Waals surface area contributed by atoms with Crippen molar-refractivity contribution in [3.05, 3.63) is 54.6 Å². The summed E-state index contributed by atoms with van der Waals surface area (Å²) in [6, 6.07) is 16.8. The van der Waals surface area contributed by atoms with E-state index in [0.29, 0.717) is 43.1 Å². The first kappa shape index (κ1) is 19.5. The van der Waals surface area contributed by atoms with Gasteiger partial charge in [0.2, 0.25) is 11.8 Å². The molecule has 1 saturated heterocycles. The minimum absolute atomic E-state index is 0.0350. The van der Waals surface area contributed by atoms with Crippen molar-refractivity contribution in [3.8, 4) is 11.5 Å². The largest absolute Gasteiger partial charge is 0.455 e. The Balaban J connectivity index is 1.45. The lowest BCUT2D eigenvalue weighted by molar-refractivity contribution is -0.143. The number of piperazine rings is 1. The molecular weight excluding hydrogens is 366 g/mol. The number of carbonyl (C=O) groups is 2. The average molecular weight is 393 g/mol. The summed E-state index contributed by atoms with van der Waals surface area (Å²) in [5, 5.41) is 2.95. The minimum atomic E-state index is -0.922. The second kappa shape index (κ2) is 8.25. The number of anilines is 1. The van der Waals surface area contributed by atoms with Gasteiger partial charge in [-0.2, -0.15) is 0 Å². The molecule has 1 saturated carbocycles. The first-order valence-electron chi connectivity index (χ1n) is 10.3. The monoisotopic (exact) mass is 393 g/mol. The molecule has 1 aliphatic heterocycles. The number of para-hydroxylation sites is 3. The fourth-order valence-corrected chi connectivity index (χ4v) is 3.75. The summed E-state index contributed by atoms with van der Waals surface area (Å²) in [5.41, 5.74) is -0.343. The van der Waals surface area contributed by atoms with Gasteiger partial charge in [-0.05, 0) is 43.7 Å². The van der Waals surface area contributed by atoms with Crippen LogP contribution in [0.3, 0.4) is 0 Å². The van der Waals surface area contributed by atoms with Gasteiger partial charge in [0.1, 0.15) is 11.2 Å². The fraction of sp³-hybridized carbons (Fsp3) is 0.391. The predicted molar refractivity (Wildman–Crippen MR) is 112 cm³/mol. The number of carbonyl (C=O) groups excluding carboxylic acids is 2. The molecule has 1 aliphatic carbocycles. The Hall–Kier alpha value is -2.86. The molecule has 1 N–H and O–H groups in total. The Bertz CT molecular complexity index is 872. The topological polar surface area (TPSA) is 61.9 Å². The molecule has 1 heterocycles. The van der Waals surface area contributed by atoms with Crippen molar-refractivity contribution >= 4 is 17.5 Å². The Kier molecular flexibility index (Phi) is 5.53. The Morgan fingerprint density at radius 2 is 1.62 bits per heavy atom. The highest BCUT2D eigenvalue weighted by atomic mass is 16.5. The van der Waals surface area contributed by atoms with E-state index >= 15 is 0 Å². The van der Waals surface area contributed by atoms with Crippen molar-refractivity contribution in [2.75, 3.05) is 38.0 Å². The summed E-state index contributed by atoms with van der Waals surface area (Å²) in [7, 11) is 0. The van der Waals surface area contributed by atoms with Crippen LogP contribution in [0.1, 0.15) is 19.8 Å². The highest BCUT2D eigenvalue weighted by molar-refractivity contribution is 6.13. The third-order valence-corrected chi connectivity index (χ3v) is 5.81. The maximum Gasteiger partial charge on any atom is 0.240 e. The van der Waals surface area contributed by atoms with Crippen LogP contribution < -0.4 is 10.1 Å². The predicted octanol–water partition coefficient (Wildman–Crippen LogP) is 3.36. The Morgan fingerprint density at radius 3 is 2.28 bits per heavy atom. The van der Waals surface area contributed by atoms with E-state index < -0.39 is 5.41 Å².